The summed E-state index contributed by atoms with van der Waals surface area (Å²) in [4.78, 5) is 32.8. The molecule has 156 valence electrons. The minimum atomic E-state index is -0.0320. The highest BCUT2D eigenvalue weighted by Crippen LogP contribution is 2.24. The molecular formula is C24H24N6O. The van der Waals surface area contributed by atoms with Crippen molar-refractivity contribution in [2.24, 2.45) is 4.99 Å². The van der Waals surface area contributed by atoms with Gasteiger partial charge < -0.3 is 5.32 Å². The highest BCUT2D eigenvalue weighted by atomic mass is 16.1. The van der Waals surface area contributed by atoms with Crippen LogP contribution in [0.2, 0.25) is 0 Å². The van der Waals surface area contributed by atoms with E-state index in [1.165, 1.54) is 0 Å². The van der Waals surface area contributed by atoms with Crippen molar-refractivity contribution in [1.82, 2.24) is 19.9 Å². The van der Waals surface area contributed by atoms with E-state index in [9.17, 15) is 4.79 Å². The lowest BCUT2D eigenvalue weighted by Gasteiger charge is -2.24. The molecule has 31 heavy (non-hydrogen) atoms. The molecule has 0 saturated carbocycles. The van der Waals surface area contributed by atoms with Crippen LogP contribution in [0.5, 0.6) is 0 Å². The molecule has 0 aliphatic carbocycles. The molecule has 1 fully saturated rings. The maximum Gasteiger partial charge on any atom is 0.180 e. The van der Waals surface area contributed by atoms with E-state index in [-0.39, 0.29) is 5.43 Å². The summed E-state index contributed by atoms with van der Waals surface area (Å²) in [6.07, 6.45) is 6.52. The summed E-state index contributed by atoms with van der Waals surface area (Å²) >= 11 is 0. The molecule has 4 heterocycles. The van der Waals surface area contributed by atoms with E-state index < -0.39 is 0 Å². The Hall–Kier alpha value is -3.45. The Morgan fingerprint density at radius 1 is 1.10 bits per heavy atom. The number of fused-ring (bicyclic) bond motifs is 1. The average molecular weight is 412 g/mol. The summed E-state index contributed by atoms with van der Waals surface area (Å²) in [6.45, 7) is 2.09. The summed E-state index contributed by atoms with van der Waals surface area (Å²) in [5.74, 6) is 1.51. The summed E-state index contributed by atoms with van der Waals surface area (Å²) < 4.78 is 0. The summed E-state index contributed by atoms with van der Waals surface area (Å²) in [6, 6.07) is 15.6. The second kappa shape index (κ2) is 8.73. The summed E-state index contributed by atoms with van der Waals surface area (Å²) in [7, 11) is 0. The fourth-order valence-corrected chi connectivity index (χ4v) is 4.30. The standard InChI is InChI=1S/C24H24N6O/c31-22-11-18-14-26-23(17-5-2-1-3-6-17)29-24(18)28-20(13-22)15-30-10-4-7-21(30)12-19-8-9-25-16-27-19/h1-3,5-6,8-9,11,13,16,21H,4,7,10,12,14-15H2,(H,26,28,29). The van der Waals surface area contributed by atoms with Gasteiger partial charge in [-0.1, -0.05) is 30.3 Å². The van der Waals surface area contributed by atoms with Crippen LogP contribution >= 0.6 is 0 Å². The quantitative estimate of drug-likeness (QED) is 0.694. The number of anilines is 1. The second-order valence-electron chi connectivity index (χ2n) is 8.00. The first kappa shape index (κ1) is 19.5. The fourth-order valence-electron chi connectivity index (χ4n) is 4.30. The van der Waals surface area contributed by atoms with Gasteiger partial charge in [-0.3, -0.25) is 14.7 Å². The number of aliphatic imine (C=N–C) groups is 1. The molecular weight excluding hydrogens is 388 g/mol. The van der Waals surface area contributed by atoms with Crippen molar-refractivity contribution in [3.8, 4) is 0 Å². The van der Waals surface area contributed by atoms with Crippen molar-refractivity contribution < 1.29 is 0 Å². The maximum absolute atomic E-state index is 12.5. The van der Waals surface area contributed by atoms with Crippen LogP contribution in [0.1, 0.15) is 35.4 Å². The van der Waals surface area contributed by atoms with Crippen LogP contribution in [0.25, 0.3) is 0 Å². The minimum absolute atomic E-state index is 0.0320. The molecule has 7 heteroatoms. The Labute approximate surface area is 180 Å². The molecule has 0 bridgehead atoms. The lowest BCUT2D eigenvalue weighted by atomic mass is 10.1. The SMILES string of the molecule is O=c1cc(CN2CCCC2Cc2ccncn2)nc2c(c1)CN=C(c1ccccc1)N2. The number of amidine groups is 1. The number of hydrogen-bond donors (Lipinski definition) is 1. The van der Waals surface area contributed by atoms with Crippen molar-refractivity contribution in [2.75, 3.05) is 11.9 Å². The van der Waals surface area contributed by atoms with Crippen LogP contribution in [-0.4, -0.2) is 38.3 Å². The van der Waals surface area contributed by atoms with Crippen LogP contribution in [0.4, 0.5) is 5.82 Å². The molecule has 1 aromatic carbocycles. The predicted octanol–water partition coefficient (Wildman–Crippen LogP) is 2.81. The Kier molecular flexibility index (Phi) is 5.50. The van der Waals surface area contributed by atoms with Gasteiger partial charge in [0.25, 0.3) is 0 Å². The minimum Gasteiger partial charge on any atom is -0.324 e. The molecule has 2 aromatic heterocycles. The molecule has 1 atom stereocenters. The zero-order valence-corrected chi connectivity index (χ0v) is 17.2. The van der Waals surface area contributed by atoms with Crippen LogP contribution in [-0.2, 0) is 19.5 Å². The molecule has 2 aliphatic heterocycles. The highest BCUT2D eigenvalue weighted by Gasteiger charge is 2.26. The molecule has 0 spiro atoms. The molecule has 1 unspecified atom stereocenters. The number of nitrogens with zero attached hydrogens (tertiary/aromatic N) is 5. The third-order valence-electron chi connectivity index (χ3n) is 5.83. The van der Waals surface area contributed by atoms with E-state index in [1.807, 2.05) is 36.4 Å². The molecule has 1 N–H and O–H groups in total. The maximum atomic E-state index is 12.5. The third-order valence-corrected chi connectivity index (χ3v) is 5.83. The highest BCUT2D eigenvalue weighted by molar-refractivity contribution is 6.08. The van der Waals surface area contributed by atoms with Crippen LogP contribution in [0.3, 0.4) is 0 Å². The van der Waals surface area contributed by atoms with Crippen LogP contribution in [0.15, 0.2) is 70.8 Å². The molecule has 7 nitrogen and oxygen atoms in total. The zero-order valence-electron chi connectivity index (χ0n) is 17.2. The van der Waals surface area contributed by atoms with Gasteiger partial charge in [-0.05, 0) is 31.5 Å². The van der Waals surface area contributed by atoms with Gasteiger partial charge in [0.2, 0.25) is 0 Å². The first-order chi connectivity index (χ1) is 15.2. The van der Waals surface area contributed by atoms with Gasteiger partial charge >= 0.3 is 0 Å². The largest absolute Gasteiger partial charge is 0.324 e. The topological polar surface area (TPSA) is 83.4 Å². The Balaban J connectivity index is 1.38. The van der Waals surface area contributed by atoms with E-state index >= 15 is 0 Å². The predicted molar refractivity (Wildman–Crippen MR) is 120 cm³/mol. The van der Waals surface area contributed by atoms with Crippen molar-refractivity contribution in [2.45, 2.75) is 38.4 Å². The van der Waals surface area contributed by atoms with Crippen molar-refractivity contribution in [3.63, 3.8) is 0 Å². The fraction of sp³-hybridized carbons (Fsp3) is 0.292. The van der Waals surface area contributed by atoms with Gasteiger partial charge in [0.1, 0.15) is 18.0 Å². The summed E-state index contributed by atoms with van der Waals surface area (Å²) in [5, 5.41) is 3.34. The Bertz CT molecular complexity index is 1150. The van der Waals surface area contributed by atoms with Crippen LogP contribution in [0, 0.1) is 0 Å². The zero-order chi connectivity index (χ0) is 21.0. The lowest BCUT2D eigenvalue weighted by Crippen LogP contribution is -2.31. The van der Waals surface area contributed by atoms with E-state index in [1.54, 1.807) is 24.7 Å². The first-order valence-electron chi connectivity index (χ1n) is 10.6. The second-order valence-corrected chi connectivity index (χ2v) is 8.00. The van der Waals surface area contributed by atoms with E-state index in [2.05, 4.69) is 25.2 Å². The summed E-state index contributed by atoms with van der Waals surface area (Å²) in [5.41, 5.74) is 3.63. The molecule has 0 amide bonds. The number of nitrogens with one attached hydrogen (secondary N) is 1. The number of hydrogen-bond acceptors (Lipinski definition) is 7. The third kappa shape index (κ3) is 4.51. The van der Waals surface area contributed by atoms with E-state index in [4.69, 9.17) is 4.98 Å². The molecule has 5 rings (SSSR count). The molecule has 3 aromatic rings. The molecule has 0 radical (unpaired) electrons. The van der Waals surface area contributed by atoms with Crippen molar-refractivity contribution in [3.05, 3.63) is 93.8 Å². The van der Waals surface area contributed by atoms with Gasteiger partial charge in [0, 0.05) is 48.1 Å². The van der Waals surface area contributed by atoms with E-state index in [0.29, 0.717) is 19.1 Å². The van der Waals surface area contributed by atoms with Gasteiger partial charge in [-0.15, -0.1) is 0 Å². The van der Waals surface area contributed by atoms with Gasteiger partial charge in [-0.25, -0.2) is 15.0 Å². The van der Waals surface area contributed by atoms with Crippen molar-refractivity contribution in [1.29, 1.82) is 0 Å². The Morgan fingerprint density at radius 2 is 2.00 bits per heavy atom. The van der Waals surface area contributed by atoms with Gasteiger partial charge in [-0.2, -0.15) is 0 Å². The molecule has 2 aliphatic rings. The number of likely N-dealkylation sites (tertiary alicyclic amines) is 1. The Morgan fingerprint density at radius 3 is 2.84 bits per heavy atom. The number of aromatic nitrogens is 3. The number of rotatable bonds is 5. The first-order valence-corrected chi connectivity index (χ1v) is 10.6. The van der Waals surface area contributed by atoms with Gasteiger partial charge in [0.15, 0.2) is 5.43 Å². The van der Waals surface area contributed by atoms with E-state index in [0.717, 1.165) is 60.0 Å². The smallest absolute Gasteiger partial charge is 0.180 e. The van der Waals surface area contributed by atoms with Gasteiger partial charge in [0.05, 0.1) is 12.2 Å². The van der Waals surface area contributed by atoms with Crippen molar-refractivity contribution >= 4 is 11.7 Å². The monoisotopic (exact) mass is 412 g/mol. The average Bonchev–Trinajstić information content (AvgIpc) is 3.15. The normalized spacial score (nSPS) is 18.2. The van der Waals surface area contributed by atoms with Crippen LogP contribution < -0.4 is 10.7 Å². The molecule has 1 saturated heterocycles. The number of benzene rings is 1. The lowest BCUT2D eigenvalue weighted by molar-refractivity contribution is 0.240.